The van der Waals surface area contributed by atoms with Gasteiger partial charge in [-0.3, -0.25) is 14.5 Å². The quantitative estimate of drug-likeness (QED) is 0.488. The number of carbonyl (C=O) groups excluding carboxylic acids is 2. The summed E-state index contributed by atoms with van der Waals surface area (Å²) in [5, 5.41) is 3.31. The summed E-state index contributed by atoms with van der Waals surface area (Å²) in [4.78, 5) is 28.5. The highest BCUT2D eigenvalue weighted by molar-refractivity contribution is 6.36. The molecule has 174 valence electrons. The van der Waals surface area contributed by atoms with Crippen LogP contribution in [0.2, 0.25) is 0 Å². The zero-order valence-electron chi connectivity index (χ0n) is 20.4. The van der Waals surface area contributed by atoms with E-state index in [1.807, 2.05) is 88.4 Å². The van der Waals surface area contributed by atoms with E-state index in [1.54, 1.807) is 7.11 Å². The van der Waals surface area contributed by atoms with E-state index in [0.29, 0.717) is 24.2 Å². The van der Waals surface area contributed by atoms with E-state index in [0.717, 1.165) is 44.8 Å². The van der Waals surface area contributed by atoms with Gasteiger partial charge in [-0.15, -0.1) is 0 Å². The molecule has 1 aliphatic heterocycles. The molecule has 0 aliphatic carbocycles. The summed E-state index contributed by atoms with van der Waals surface area (Å²) in [5.74, 6) is 0.206. The first-order chi connectivity index (χ1) is 16.3. The number of ether oxygens (including phenoxy) is 1. The van der Waals surface area contributed by atoms with Crippen LogP contribution in [-0.2, 0) is 16.0 Å². The lowest BCUT2D eigenvalue weighted by molar-refractivity contribution is -0.136. The second-order valence-corrected chi connectivity index (χ2v) is 8.78. The summed E-state index contributed by atoms with van der Waals surface area (Å²) in [5.41, 5.74) is 7.74. The lowest BCUT2D eigenvalue weighted by Gasteiger charge is -2.16. The van der Waals surface area contributed by atoms with Gasteiger partial charge in [-0.05, 0) is 85.7 Å². The molecule has 3 aromatic rings. The van der Waals surface area contributed by atoms with E-state index < -0.39 is 0 Å². The molecule has 2 amide bonds. The molecule has 0 fully saturated rings. The monoisotopic (exact) mass is 454 g/mol. The van der Waals surface area contributed by atoms with Crippen LogP contribution in [0.1, 0.15) is 33.4 Å². The SMILES string of the molecule is COc1ccc(CCN2C(=O)C(Nc3cccc(C)c3C)=C(c3ccc(C)c(C)c3)C2=O)cc1. The van der Waals surface area contributed by atoms with Gasteiger partial charge < -0.3 is 10.1 Å². The third-order valence-electron chi connectivity index (χ3n) is 6.61. The predicted octanol–water partition coefficient (Wildman–Crippen LogP) is 5.36. The lowest BCUT2D eigenvalue weighted by Crippen LogP contribution is -2.34. The number of hydrogen-bond acceptors (Lipinski definition) is 4. The summed E-state index contributed by atoms with van der Waals surface area (Å²) < 4.78 is 5.22. The second-order valence-electron chi connectivity index (χ2n) is 8.78. The van der Waals surface area contributed by atoms with Gasteiger partial charge in [-0.25, -0.2) is 0 Å². The highest BCUT2D eigenvalue weighted by Gasteiger charge is 2.39. The Morgan fingerprint density at radius 3 is 2.24 bits per heavy atom. The fourth-order valence-electron chi connectivity index (χ4n) is 4.11. The van der Waals surface area contributed by atoms with Gasteiger partial charge in [0.05, 0.1) is 12.7 Å². The third-order valence-corrected chi connectivity index (χ3v) is 6.61. The molecule has 1 heterocycles. The van der Waals surface area contributed by atoms with E-state index in [2.05, 4.69) is 5.32 Å². The Hall–Kier alpha value is -3.86. The molecule has 0 saturated carbocycles. The van der Waals surface area contributed by atoms with Crippen molar-refractivity contribution >= 4 is 23.1 Å². The number of amides is 2. The Morgan fingerprint density at radius 1 is 0.824 bits per heavy atom. The number of methoxy groups -OCH3 is 1. The van der Waals surface area contributed by atoms with Crippen molar-refractivity contribution in [1.82, 2.24) is 4.90 Å². The average Bonchev–Trinajstić information content (AvgIpc) is 3.06. The first-order valence-electron chi connectivity index (χ1n) is 11.4. The molecule has 0 unspecified atom stereocenters. The van der Waals surface area contributed by atoms with E-state index in [-0.39, 0.29) is 11.8 Å². The van der Waals surface area contributed by atoms with E-state index in [4.69, 9.17) is 4.74 Å². The van der Waals surface area contributed by atoms with Crippen molar-refractivity contribution in [2.75, 3.05) is 19.0 Å². The van der Waals surface area contributed by atoms with Crippen molar-refractivity contribution in [1.29, 1.82) is 0 Å². The standard InChI is InChI=1S/C29H30N2O3/c1-18-9-12-23(17-20(18)3)26-27(30-25-8-6-7-19(2)21(25)4)29(33)31(28(26)32)16-15-22-10-13-24(34-5)14-11-22/h6-14,17,30H,15-16H2,1-5H3. The van der Waals surface area contributed by atoms with Crippen molar-refractivity contribution in [3.05, 3.63) is 99.7 Å². The minimum absolute atomic E-state index is 0.269. The zero-order valence-corrected chi connectivity index (χ0v) is 20.4. The molecule has 5 nitrogen and oxygen atoms in total. The van der Waals surface area contributed by atoms with Gasteiger partial charge in [0.1, 0.15) is 11.4 Å². The van der Waals surface area contributed by atoms with Gasteiger partial charge in [0.2, 0.25) is 0 Å². The maximum absolute atomic E-state index is 13.6. The van der Waals surface area contributed by atoms with Crippen LogP contribution in [0.15, 0.2) is 66.4 Å². The molecule has 0 spiro atoms. The van der Waals surface area contributed by atoms with Crippen molar-refractivity contribution < 1.29 is 14.3 Å². The first kappa shape index (κ1) is 23.3. The lowest BCUT2D eigenvalue weighted by atomic mass is 9.99. The number of nitrogens with one attached hydrogen (secondary N) is 1. The van der Waals surface area contributed by atoms with Crippen LogP contribution in [0.5, 0.6) is 5.75 Å². The number of hydrogen-bond donors (Lipinski definition) is 1. The largest absolute Gasteiger partial charge is 0.497 e. The number of benzene rings is 3. The van der Waals surface area contributed by atoms with Crippen LogP contribution in [0.25, 0.3) is 5.57 Å². The van der Waals surface area contributed by atoms with Crippen molar-refractivity contribution in [3.63, 3.8) is 0 Å². The summed E-state index contributed by atoms with van der Waals surface area (Å²) >= 11 is 0. The Morgan fingerprint density at radius 2 is 1.56 bits per heavy atom. The molecule has 4 rings (SSSR count). The average molecular weight is 455 g/mol. The smallest absolute Gasteiger partial charge is 0.278 e. The number of aryl methyl sites for hydroxylation is 3. The van der Waals surface area contributed by atoms with E-state index in [9.17, 15) is 9.59 Å². The Kier molecular flexibility index (Phi) is 6.55. The van der Waals surface area contributed by atoms with Crippen LogP contribution in [0, 0.1) is 27.7 Å². The fraction of sp³-hybridized carbons (Fsp3) is 0.241. The van der Waals surface area contributed by atoms with Crippen LogP contribution >= 0.6 is 0 Å². The summed E-state index contributed by atoms with van der Waals surface area (Å²) in [6.07, 6.45) is 0.568. The van der Waals surface area contributed by atoms with Gasteiger partial charge in [0.25, 0.3) is 11.8 Å². The molecule has 5 heteroatoms. The minimum atomic E-state index is -0.298. The fourth-order valence-corrected chi connectivity index (χ4v) is 4.11. The second kappa shape index (κ2) is 9.56. The zero-order chi connectivity index (χ0) is 24.4. The summed E-state index contributed by atoms with van der Waals surface area (Å²) in [7, 11) is 1.63. The number of anilines is 1. The molecule has 0 bridgehead atoms. The van der Waals surface area contributed by atoms with Crippen LogP contribution in [-0.4, -0.2) is 30.4 Å². The van der Waals surface area contributed by atoms with Gasteiger partial charge in [0.15, 0.2) is 0 Å². The van der Waals surface area contributed by atoms with Gasteiger partial charge in [0, 0.05) is 12.2 Å². The Labute approximate surface area is 201 Å². The molecule has 0 radical (unpaired) electrons. The summed E-state index contributed by atoms with van der Waals surface area (Å²) in [6.45, 7) is 8.39. The van der Waals surface area contributed by atoms with Crippen LogP contribution < -0.4 is 10.1 Å². The molecule has 1 N–H and O–H groups in total. The van der Waals surface area contributed by atoms with Gasteiger partial charge in [-0.2, -0.15) is 0 Å². The highest BCUT2D eigenvalue weighted by Crippen LogP contribution is 2.32. The van der Waals surface area contributed by atoms with Gasteiger partial charge in [-0.1, -0.05) is 42.5 Å². The number of imide groups is 1. The maximum Gasteiger partial charge on any atom is 0.278 e. The number of carbonyl (C=O) groups is 2. The first-order valence-corrected chi connectivity index (χ1v) is 11.4. The van der Waals surface area contributed by atoms with Crippen molar-refractivity contribution in [2.24, 2.45) is 0 Å². The van der Waals surface area contributed by atoms with Crippen molar-refractivity contribution in [2.45, 2.75) is 34.1 Å². The molecule has 0 saturated heterocycles. The minimum Gasteiger partial charge on any atom is -0.497 e. The normalized spacial score (nSPS) is 13.6. The van der Waals surface area contributed by atoms with E-state index in [1.165, 1.54) is 4.90 Å². The molecule has 0 atom stereocenters. The van der Waals surface area contributed by atoms with Gasteiger partial charge >= 0.3 is 0 Å². The Bertz CT molecular complexity index is 1290. The highest BCUT2D eigenvalue weighted by atomic mass is 16.5. The number of rotatable bonds is 7. The molecular formula is C29H30N2O3. The van der Waals surface area contributed by atoms with E-state index >= 15 is 0 Å². The van der Waals surface area contributed by atoms with Crippen LogP contribution in [0.3, 0.4) is 0 Å². The molecule has 34 heavy (non-hydrogen) atoms. The predicted molar refractivity (Wildman–Crippen MR) is 136 cm³/mol. The summed E-state index contributed by atoms with van der Waals surface area (Å²) in [6, 6.07) is 19.5. The Balaban J connectivity index is 1.68. The van der Waals surface area contributed by atoms with Crippen LogP contribution in [0.4, 0.5) is 5.69 Å². The maximum atomic E-state index is 13.6. The van der Waals surface area contributed by atoms with Crippen molar-refractivity contribution in [3.8, 4) is 5.75 Å². The molecule has 0 aromatic heterocycles. The molecule has 1 aliphatic rings. The molecule has 3 aromatic carbocycles. The molecular weight excluding hydrogens is 424 g/mol. The third kappa shape index (κ3) is 4.46. The number of nitrogens with zero attached hydrogens (tertiary/aromatic N) is 1. The topological polar surface area (TPSA) is 58.6 Å².